The second-order valence-electron chi connectivity index (χ2n) is 4.92. The molecule has 0 heterocycles. The molecule has 5 heteroatoms. The molecule has 0 aliphatic rings. The molecule has 0 aromatic heterocycles. The first-order valence-corrected chi connectivity index (χ1v) is 9.57. The average Bonchev–Trinajstić information content (AvgIpc) is 2.40. The number of aliphatic hydroxyl groups is 1. The number of hydrogen-bond acceptors (Lipinski definition) is 4. The van der Waals surface area contributed by atoms with Crippen LogP contribution in [0.4, 0.5) is 0 Å². The van der Waals surface area contributed by atoms with Crippen LogP contribution in [0, 0.1) is 0 Å². The Morgan fingerprint density at radius 1 is 1.00 bits per heavy atom. The van der Waals surface area contributed by atoms with Crippen molar-refractivity contribution in [2.75, 3.05) is 40.5 Å². The van der Waals surface area contributed by atoms with E-state index in [1.54, 1.807) is 14.2 Å². The molecule has 0 atom stereocenters. The summed E-state index contributed by atoms with van der Waals surface area (Å²) in [4.78, 5) is 2.44. The molecule has 0 saturated carbocycles. The maximum Gasteiger partial charge on any atom is 0.334 e. The number of hydrogen-bond donors (Lipinski definition) is 1. The maximum atomic E-state index is 8.91. The zero-order chi connectivity index (χ0) is 13.9. The van der Waals surface area contributed by atoms with Crippen molar-refractivity contribution in [3.63, 3.8) is 0 Å². The molecule has 0 amide bonds. The standard InChI is InChI=1S/C13H31NO3Si/c1-5-6-9-14(10-7-12-15)11-8-13-18(4,16-2)17-3/h15H,5-13H2,1-4H3. The van der Waals surface area contributed by atoms with Gasteiger partial charge in [-0.1, -0.05) is 13.3 Å². The van der Waals surface area contributed by atoms with Crippen molar-refractivity contribution in [3.05, 3.63) is 0 Å². The van der Waals surface area contributed by atoms with Gasteiger partial charge in [0.15, 0.2) is 0 Å². The molecular formula is C13H31NO3Si. The monoisotopic (exact) mass is 277 g/mol. The molecule has 4 nitrogen and oxygen atoms in total. The highest BCUT2D eigenvalue weighted by Gasteiger charge is 2.27. The van der Waals surface area contributed by atoms with Gasteiger partial charge >= 0.3 is 8.56 Å². The highest BCUT2D eigenvalue weighted by molar-refractivity contribution is 6.65. The fourth-order valence-corrected chi connectivity index (χ4v) is 3.30. The molecule has 0 aromatic rings. The van der Waals surface area contributed by atoms with Crippen LogP contribution in [0.15, 0.2) is 0 Å². The van der Waals surface area contributed by atoms with Crippen molar-refractivity contribution in [1.82, 2.24) is 4.90 Å². The zero-order valence-electron chi connectivity index (χ0n) is 12.6. The van der Waals surface area contributed by atoms with Crippen molar-refractivity contribution < 1.29 is 14.0 Å². The molecule has 110 valence electrons. The summed E-state index contributed by atoms with van der Waals surface area (Å²) >= 11 is 0. The third-order valence-corrected chi connectivity index (χ3v) is 6.42. The number of aliphatic hydroxyl groups excluding tert-OH is 1. The van der Waals surface area contributed by atoms with E-state index in [4.69, 9.17) is 14.0 Å². The average molecular weight is 277 g/mol. The van der Waals surface area contributed by atoms with Gasteiger partial charge < -0.3 is 18.9 Å². The van der Waals surface area contributed by atoms with Crippen molar-refractivity contribution in [2.45, 2.75) is 45.2 Å². The number of unbranched alkanes of at least 4 members (excludes halogenated alkanes) is 1. The topological polar surface area (TPSA) is 41.9 Å². The summed E-state index contributed by atoms with van der Waals surface area (Å²) in [6.45, 7) is 7.81. The summed E-state index contributed by atoms with van der Waals surface area (Å²) < 4.78 is 11.0. The van der Waals surface area contributed by atoms with Gasteiger partial charge in [-0.25, -0.2) is 0 Å². The first kappa shape index (κ1) is 18.1. The summed E-state index contributed by atoms with van der Waals surface area (Å²) in [6, 6.07) is 1.03. The molecule has 0 saturated heterocycles. The Morgan fingerprint density at radius 2 is 1.56 bits per heavy atom. The normalized spacial score (nSPS) is 12.3. The van der Waals surface area contributed by atoms with Gasteiger partial charge in [0.1, 0.15) is 0 Å². The van der Waals surface area contributed by atoms with E-state index in [1.807, 2.05) is 0 Å². The van der Waals surface area contributed by atoms with Crippen LogP contribution in [-0.2, 0) is 8.85 Å². The van der Waals surface area contributed by atoms with E-state index in [0.29, 0.717) is 0 Å². The van der Waals surface area contributed by atoms with Gasteiger partial charge in [0.2, 0.25) is 0 Å². The Balaban J connectivity index is 3.93. The minimum absolute atomic E-state index is 0.283. The Labute approximate surface area is 114 Å². The van der Waals surface area contributed by atoms with E-state index in [2.05, 4.69) is 18.4 Å². The minimum atomic E-state index is -1.90. The summed E-state index contributed by atoms with van der Waals surface area (Å²) in [5.41, 5.74) is 0. The summed E-state index contributed by atoms with van der Waals surface area (Å²) in [7, 11) is 1.59. The highest BCUT2D eigenvalue weighted by atomic mass is 28.4. The summed E-state index contributed by atoms with van der Waals surface area (Å²) in [5.74, 6) is 0. The maximum absolute atomic E-state index is 8.91. The van der Waals surface area contributed by atoms with Crippen molar-refractivity contribution in [2.24, 2.45) is 0 Å². The van der Waals surface area contributed by atoms with Crippen LogP contribution in [0.2, 0.25) is 12.6 Å². The molecule has 1 N–H and O–H groups in total. The Bertz CT molecular complexity index is 181. The molecule has 0 rings (SSSR count). The highest BCUT2D eigenvalue weighted by Crippen LogP contribution is 2.14. The lowest BCUT2D eigenvalue weighted by Gasteiger charge is -2.26. The van der Waals surface area contributed by atoms with Crippen LogP contribution >= 0.6 is 0 Å². The molecule has 0 fully saturated rings. The lowest BCUT2D eigenvalue weighted by atomic mass is 10.3. The van der Waals surface area contributed by atoms with Crippen LogP contribution in [0.3, 0.4) is 0 Å². The second kappa shape index (κ2) is 10.9. The lowest BCUT2D eigenvalue weighted by molar-refractivity contribution is 0.215. The van der Waals surface area contributed by atoms with Gasteiger partial charge in [-0.3, -0.25) is 0 Å². The lowest BCUT2D eigenvalue weighted by Crippen LogP contribution is -2.37. The quantitative estimate of drug-likeness (QED) is 0.556. The van der Waals surface area contributed by atoms with Gasteiger partial charge in [0, 0.05) is 27.4 Å². The van der Waals surface area contributed by atoms with Crippen LogP contribution < -0.4 is 0 Å². The SMILES string of the molecule is CCCCN(CCCO)CCC[Si](C)(OC)OC. The molecule has 0 bridgehead atoms. The molecular weight excluding hydrogens is 246 g/mol. The fraction of sp³-hybridized carbons (Fsp3) is 1.00. The molecule has 0 radical (unpaired) electrons. The van der Waals surface area contributed by atoms with Crippen LogP contribution in [0.25, 0.3) is 0 Å². The molecule has 0 aliphatic heterocycles. The fourth-order valence-electron chi connectivity index (χ4n) is 1.92. The predicted octanol–water partition coefficient (Wildman–Crippen LogP) is 2.23. The van der Waals surface area contributed by atoms with E-state index < -0.39 is 8.56 Å². The van der Waals surface area contributed by atoms with Gasteiger partial charge in [0.25, 0.3) is 0 Å². The van der Waals surface area contributed by atoms with E-state index >= 15 is 0 Å². The second-order valence-corrected chi connectivity index (χ2v) is 8.50. The van der Waals surface area contributed by atoms with Crippen molar-refractivity contribution in [1.29, 1.82) is 0 Å². The smallest absolute Gasteiger partial charge is 0.334 e. The Morgan fingerprint density at radius 3 is 2.06 bits per heavy atom. The summed E-state index contributed by atoms with van der Waals surface area (Å²) in [6.07, 6.45) is 4.43. The van der Waals surface area contributed by atoms with Crippen molar-refractivity contribution in [3.8, 4) is 0 Å². The largest absolute Gasteiger partial charge is 0.398 e. The third kappa shape index (κ3) is 8.21. The first-order chi connectivity index (χ1) is 8.61. The molecule has 0 unspecified atom stereocenters. The van der Waals surface area contributed by atoms with Gasteiger partial charge in [-0.15, -0.1) is 0 Å². The van der Waals surface area contributed by atoms with Crippen LogP contribution in [-0.4, -0.2) is 59.0 Å². The van der Waals surface area contributed by atoms with Crippen LogP contribution in [0.1, 0.15) is 32.6 Å². The van der Waals surface area contributed by atoms with Crippen molar-refractivity contribution >= 4 is 8.56 Å². The molecule has 0 spiro atoms. The van der Waals surface area contributed by atoms with Crippen LogP contribution in [0.5, 0.6) is 0 Å². The predicted molar refractivity (Wildman–Crippen MR) is 78.1 cm³/mol. The summed E-state index contributed by atoms with van der Waals surface area (Å²) in [5, 5.41) is 8.91. The van der Waals surface area contributed by atoms with E-state index in [0.717, 1.165) is 38.5 Å². The number of rotatable bonds is 12. The van der Waals surface area contributed by atoms with E-state index in [-0.39, 0.29) is 6.61 Å². The molecule has 18 heavy (non-hydrogen) atoms. The van der Waals surface area contributed by atoms with E-state index in [9.17, 15) is 0 Å². The Kier molecular flexibility index (Phi) is 11.0. The van der Waals surface area contributed by atoms with Gasteiger partial charge in [-0.05, 0) is 44.9 Å². The first-order valence-electron chi connectivity index (χ1n) is 7.05. The zero-order valence-corrected chi connectivity index (χ0v) is 13.6. The Hall–Kier alpha value is 0.0569. The van der Waals surface area contributed by atoms with E-state index in [1.165, 1.54) is 12.8 Å². The minimum Gasteiger partial charge on any atom is -0.398 e. The van der Waals surface area contributed by atoms with Gasteiger partial charge in [-0.2, -0.15) is 0 Å². The van der Waals surface area contributed by atoms with Gasteiger partial charge in [0.05, 0.1) is 0 Å². The molecule has 0 aromatic carbocycles. The molecule has 0 aliphatic carbocycles. The third-order valence-electron chi connectivity index (χ3n) is 3.43. The number of nitrogens with zero attached hydrogens (tertiary/aromatic N) is 1.